The molecule has 0 saturated carbocycles. The Morgan fingerprint density at radius 2 is 1.89 bits per heavy atom. The molecule has 0 fully saturated rings. The van der Waals surface area contributed by atoms with Crippen molar-refractivity contribution in [1.29, 1.82) is 0 Å². The smallest absolute Gasteiger partial charge is 0.197 e. The Hall–Kier alpha value is -2.20. The second kappa shape index (κ2) is 4.82. The maximum atomic E-state index is 6.19. The van der Waals surface area contributed by atoms with Crippen LogP contribution >= 0.6 is 11.6 Å². The van der Waals surface area contributed by atoms with Gasteiger partial charge in [0.1, 0.15) is 5.15 Å². The van der Waals surface area contributed by atoms with Crippen molar-refractivity contribution < 1.29 is 0 Å². The van der Waals surface area contributed by atoms with Gasteiger partial charge in [-0.2, -0.15) is 0 Å². The van der Waals surface area contributed by atoms with Crippen molar-refractivity contribution in [3.63, 3.8) is 0 Å². The lowest BCUT2D eigenvalue weighted by atomic mass is 10.1. The SMILES string of the molecule is Cc1c(Cl)nc(-c2ncc[nH]2)nc1-c1ccccc1. The first kappa shape index (κ1) is 11.9. The Morgan fingerprint density at radius 3 is 2.58 bits per heavy atom. The third-order valence-corrected chi connectivity index (χ3v) is 3.21. The number of hydrogen-bond acceptors (Lipinski definition) is 3. The molecule has 4 nitrogen and oxygen atoms in total. The molecule has 0 aliphatic heterocycles. The molecule has 3 rings (SSSR count). The second-order valence-corrected chi connectivity index (χ2v) is 4.47. The van der Waals surface area contributed by atoms with Crippen molar-refractivity contribution in [1.82, 2.24) is 19.9 Å². The molecule has 3 aromatic rings. The van der Waals surface area contributed by atoms with Gasteiger partial charge in [-0.15, -0.1) is 0 Å². The number of halogens is 1. The minimum absolute atomic E-state index is 0.445. The minimum atomic E-state index is 0.445. The summed E-state index contributed by atoms with van der Waals surface area (Å²) in [5, 5.41) is 0.445. The van der Waals surface area contributed by atoms with E-state index in [0.717, 1.165) is 16.8 Å². The third-order valence-electron chi connectivity index (χ3n) is 2.84. The number of nitrogens with one attached hydrogen (secondary N) is 1. The fourth-order valence-corrected chi connectivity index (χ4v) is 2.03. The summed E-state index contributed by atoms with van der Waals surface area (Å²) in [6.45, 7) is 1.91. The molecule has 0 saturated heterocycles. The van der Waals surface area contributed by atoms with Gasteiger partial charge >= 0.3 is 0 Å². The monoisotopic (exact) mass is 270 g/mol. The molecule has 0 bridgehead atoms. The van der Waals surface area contributed by atoms with Gasteiger partial charge in [0.15, 0.2) is 11.6 Å². The molecule has 94 valence electrons. The van der Waals surface area contributed by atoms with Gasteiger partial charge in [-0.1, -0.05) is 41.9 Å². The lowest BCUT2D eigenvalue weighted by molar-refractivity contribution is 1.10. The van der Waals surface area contributed by atoms with Crippen LogP contribution in [0.15, 0.2) is 42.7 Å². The van der Waals surface area contributed by atoms with Crippen molar-refractivity contribution in [2.75, 3.05) is 0 Å². The van der Waals surface area contributed by atoms with E-state index in [-0.39, 0.29) is 0 Å². The summed E-state index contributed by atoms with van der Waals surface area (Å²) >= 11 is 6.19. The number of hydrogen-bond donors (Lipinski definition) is 1. The molecule has 0 atom stereocenters. The molecule has 1 aromatic carbocycles. The molecule has 0 amide bonds. The van der Waals surface area contributed by atoms with Gasteiger partial charge < -0.3 is 4.98 Å². The molecule has 0 unspecified atom stereocenters. The summed E-state index contributed by atoms with van der Waals surface area (Å²) in [5.41, 5.74) is 2.70. The van der Waals surface area contributed by atoms with Crippen LogP contribution in [0.5, 0.6) is 0 Å². The van der Waals surface area contributed by atoms with E-state index >= 15 is 0 Å². The Bertz CT molecular complexity index is 693. The normalized spacial score (nSPS) is 10.6. The van der Waals surface area contributed by atoms with Crippen LogP contribution in [0.1, 0.15) is 5.56 Å². The number of benzene rings is 1. The van der Waals surface area contributed by atoms with E-state index in [1.807, 2.05) is 37.3 Å². The predicted octanol–water partition coefficient (Wildman–Crippen LogP) is 3.50. The van der Waals surface area contributed by atoms with Crippen LogP contribution < -0.4 is 0 Å². The van der Waals surface area contributed by atoms with E-state index in [2.05, 4.69) is 19.9 Å². The molecule has 0 aliphatic carbocycles. The molecular weight excluding hydrogens is 260 g/mol. The highest BCUT2D eigenvalue weighted by Crippen LogP contribution is 2.27. The standard InChI is InChI=1S/C14H11ClN4/c1-9-11(10-5-3-2-4-6-10)18-14(19-12(9)15)13-16-7-8-17-13/h2-8H,1H3,(H,16,17). The summed E-state index contributed by atoms with van der Waals surface area (Å²) in [6.07, 6.45) is 3.39. The summed E-state index contributed by atoms with van der Waals surface area (Å²) in [4.78, 5) is 16.0. The molecule has 2 heterocycles. The maximum Gasteiger partial charge on any atom is 0.197 e. The fourth-order valence-electron chi connectivity index (χ4n) is 1.86. The number of imidazole rings is 1. The third kappa shape index (κ3) is 2.22. The predicted molar refractivity (Wildman–Crippen MR) is 74.8 cm³/mol. The van der Waals surface area contributed by atoms with Crippen LogP contribution in [0.4, 0.5) is 0 Å². The molecular formula is C14H11ClN4. The molecule has 5 heteroatoms. The Labute approximate surface area is 115 Å². The Balaban J connectivity index is 2.20. The average molecular weight is 271 g/mol. The van der Waals surface area contributed by atoms with Gasteiger partial charge in [0.25, 0.3) is 0 Å². The van der Waals surface area contributed by atoms with Gasteiger partial charge in [0, 0.05) is 23.5 Å². The van der Waals surface area contributed by atoms with Crippen molar-refractivity contribution in [2.24, 2.45) is 0 Å². The molecule has 0 aliphatic rings. The van der Waals surface area contributed by atoms with E-state index in [0.29, 0.717) is 16.8 Å². The molecule has 1 N–H and O–H groups in total. The Morgan fingerprint density at radius 1 is 1.11 bits per heavy atom. The topological polar surface area (TPSA) is 54.5 Å². The minimum Gasteiger partial charge on any atom is -0.342 e. The number of aromatic nitrogens is 4. The molecule has 0 spiro atoms. The van der Waals surface area contributed by atoms with Crippen molar-refractivity contribution in [3.05, 3.63) is 53.4 Å². The summed E-state index contributed by atoms with van der Waals surface area (Å²) < 4.78 is 0. The molecule has 19 heavy (non-hydrogen) atoms. The van der Waals surface area contributed by atoms with Crippen LogP contribution in [0.2, 0.25) is 5.15 Å². The van der Waals surface area contributed by atoms with Crippen molar-refractivity contribution in [2.45, 2.75) is 6.92 Å². The second-order valence-electron chi connectivity index (χ2n) is 4.12. The van der Waals surface area contributed by atoms with E-state index in [1.54, 1.807) is 12.4 Å². The van der Waals surface area contributed by atoms with E-state index in [1.165, 1.54) is 0 Å². The zero-order valence-electron chi connectivity index (χ0n) is 10.3. The van der Waals surface area contributed by atoms with E-state index < -0.39 is 0 Å². The quantitative estimate of drug-likeness (QED) is 0.725. The molecule has 0 radical (unpaired) electrons. The lowest BCUT2D eigenvalue weighted by Gasteiger charge is -2.08. The van der Waals surface area contributed by atoms with Gasteiger partial charge in [0.05, 0.1) is 5.69 Å². The molecule has 2 aromatic heterocycles. The first-order valence-electron chi connectivity index (χ1n) is 5.85. The lowest BCUT2D eigenvalue weighted by Crippen LogP contribution is -1.98. The highest BCUT2D eigenvalue weighted by Gasteiger charge is 2.13. The van der Waals surface area contributed by atoms with Crippen LogP contribution in [0.25, 0.3) is 22.9 Å². The fraction of sp³-hybridized carbons (Fsp3) is 0.0714. The number of rotatable bonds is 2. The average Bonchev–Trinajstić information content (AvgIpc) is 2.97. The van der Waals surface area contributed by atoms with Gasteiger partial charge in [-0.05, 0) is 6.92 Å². The largest absolute Gasteiger partial charge is 0.342 e. The number of nitrogens with zero attached hydrogens (tertiary/aromatic N) is 3. The van der Waals surface area contributed by atoms with Gasteiger partial charge in [0.2, 0.25) is 0 Å². The first-order valence-corrected chi connectivity index (χ1v) is 6.23. The zero-order valence-corrected chi connectivity index (χ0v) is 11.0. The zero-order chi connectivity index (χ0) is 13.2. The van der Waals surface area contributed by atoms with E-state index in [4.69, 9.17) is 11.6 Å². The van der Waals surface area contributed by atoms with Crippen LogP contribution in [-0.2, 0) is 0 Å². The highest BCUT2D eigenvalue weighted by molar-refractivity contribution is 6.30. The first-order chi connectivity index (χ1) is 9.25. The van der Waals surface area contributed by atoms with Crippen LogP contribution in [0.3, 0.4) is 0 Å². The maximum absolute atomic E-state index is 6.19. The van der Waals surface area contributed by atoms with Gasteiger partial charge in [-0.3, -0.25) is 0 Å². The Kier molecular flexibility index (Phi) is 3.01. The summed E-state index contributed by atoms with van der Waals surface area (Å²) in [7, 11) is 0. The van der Waals surface area contributed by atoms with Crippen molar-refractivity contribution >= 4 is 11.6 Å². The van der Waals surface area contributed by atoms with Gasteiger partial charge in [-0.25, -0.2) is 15.0 Å². The highest BCUT2D eigenvalue weighted by atomic mass is 35.5. The van der Waals surface area contributed by atoms with E-state index in [9.17, 15) is 0 Å². The number of aromatic amines is 1. The van der Waals surface area contributed by atoms with Crippen LogP contribution in [0, 0.1) is 6.92 Å². The van der Waals surface area contributed by atoms with Crippen molar-refractivity contribution in [3.8, 4) is 22.9 Å². The summed E-state index contributed by atoms with van der Waals surface area (Å²) in [6, 6.07) is 9.90. The van der Waals surface area contributed by atoms with Crippen LogP contribution in [-0.4, -0.2) is 19.9 Å². The number of H-pyrrole nitrogens is 1. The summed E-state index contributed by atoms with van der Waals surface area (Å²) in [5.74, 6) is 1.11.